The van der Waals surface area contributed by atoms with E-state index in [-0.39, 0.29) is 0 Å². The van der Waals surface area contributed by atoms with Crippen LogP contribution in [0.4, 0.5) is 0 Å². The monoisotopic (exact) mass is 243 g/mol. The van der Waals surface area contributed by atoms with Crippen molar-refractivity contribution in [3.05, 3.63) is 0 Å². The van der Waals surface area contributed by atoms with E-state index in [1.165, 1.54) is 6.92 Å². The van der Waals surface area contributed by atoms with Gasteiger partial charge in [0.2, 0.25) is 0 Å². The molecule has 0 aromatic carbocycles. The molecule has 0 aliphatic rings. The summed E-state index contributed by atoms with van der Waals surface area (Å²) >= 11 is -4.43. The quantitative estimate of drug-likeness (QED) is 0.343. The van der Waals surface area contributed by atoms with Gasteiger partial charge in [0.1, 0.15) is 0 Å². The molecule has 0 bridgehead atoms. The van der Waals surface area contributed by atoms with Crippen LogP contribution in [-0.2, 0) is 7.45 Å². The Labute approximate surface area is 75.3 Å². The van der Waals surface area contributed by atoms with E-state index in [1.807, 2.05) is 0 Å². The van der Waals surface area contributed by atoms with E-state index in [0.29, 0.717) is 6.42 Å². The second-order valence-electron chi connectivity index (χ2n) is 2.35. The topological polar surface area (TPSA) is 111 Å². The maximum atomic E-state index is 9.11. The van der Waals surface area contributed by atoms with Gasteiger partial charge in [0, 0.05) is 0 Å². The fraction of sp³-hybridized carbons (Fsp3) is 1.00. The Morgan fingerprint density at radius 2 is 1.83 bits per heavy atom. The molecule has 2 unspecified atom stereocenters. The molecule has 2 atom stereocenters. The molecule has 0 aromatic heterocycles. The molecule has 0 spiro atoms. The van der Waals surface area contributed by atoms with E-state index in [4.69, 9.17) is 19.7 Å². The van der Waals surface area contributed by atoms with E-state index in [1.54, 1.807) is 6.92 Å². The summed E-state index contributed by atoms with van der Waals surface area (Å²) in [6.07, 6.45) is -1.00. The summed E-state index contributed by atoms with van der Waals surface area (Å²) < 4.78 is 27.4. The first-order valence-electron chi connectivity index (χ1n) is 3.60. The van der Waals surface area contributed by atoms with Crippen LogP contribution in [0.3, 0.4) is 0 Å². The van der Waals surface area contributed by atoms with Crippen LogP contribution in [0.25, 0.3) is 0 Å². The summed E-state index contributed by atoms with van der Waals surface area (Å²) in [4.78, 5) is 0. The Balaban J connectivity index is 3.85. The third-order valence-corrected chi connectivity index (χ3v) is 3.40. The summed E-state index contributed by atoms with van der Waals surface area (Å²) in [6.45, 7) is 3.23. The molecular formula is C5H16AsN2O4. The molecule has 0 saturated heterocycles. The Hall–Kier alpha value is 0.318. The van der Waals surface area contributed by atoms with Gasteiger partial charge in [-0.15, -0.1) is 0 Å². The second kappa shape index (κ2) is 5.14. The first kappa shape index (κ1) is 12.3. The molecule has 6 nitrogen and oxygen atoms in total. The fourth-order valence-electron chi connectivity index (χ4n) is 0.492. The first-order chi connectivity index (χ1) is 5.37. The average Bonchev–Trinajstić information content (AvgIpc) is 1.83. The van der Waals surface area contributed by atoms with Crippen LogP contribution in [0.5, 0.6) is 0 Å². The van der Waals surface area contributed by atoms with Crippen molar-refractivity contribution in [1.82, 2.24) is 0 Å². The van der Waals surface area contributed by atoms with Gasteiger partial charge in [-0.05, 0) is 0 Å². The molecule has 75 valence electrons. The van der Waals surface area contributed by atoms with E-state index in [0.717, 1.165) is 0 Å². The van der Waals surface area contributed by atoms with Crippen molar-refractivity contribution < 1.29 is 15.6 Å². The third-order valence-electron chi connectivity index (χ3n) is 0.979. The summed E-state index contributed by atoms with van der Waals surface area (Å²) in [5, 5.41) is 0. The molecule has 1 radical (unpaired) electrons. The summed E-state index contributed by atoms with van der Waals surface area (Å²) in [6, 6.07) is 0. The van der Waals surface area contributed by atoms with Crippen LogP contribution in [0.15, 0.2) is 0 Å². The van der Waals surface area contributed by atoms with Crippen molar-refractivity contribution in [3.8, 4) is 0 Å². The SMILES string of the molecule is CCC(N)O[As](O)(O)OC(C)N. The molecule has 0 amide bonds. The van der Waals surface area contributed by atoms with Crippen molar-refractivity contribution >= 4 is 14.9 Å². The summed E-state index contributed by atoms with van der Waals surface area (Å²) in [5.74, 6) is 0. The van der Waals surface area contributed by atoms with Crippen molar-refractivity contribution in [2.45, 2.75) is 32.7 Å². The molecule has 12 heavy (non-hydrogen) atoms. The molecule has 0 aromatic rings. The Bertz CT molecular complexity index is 133. The van der Waals surface area contributed by atoms with Crippen molar-refractivity contribution in [2.75, 3.05) is 0 Å². The normalized spacial score (nSPS) is 17.5. The molecule has 0 heterocycles. The number of hydrogen-bond donors (Lipinski definition) is 4. The van der Waals surface area contributed by atoms with Crippen LogP contribution in [0.2, 0.25) is 0 Å². The minimum atomic E-state index is -4.43. The van der Waals surface area contributed by atoms with Gasteiger partial charge in [0.25, 0.3) is 0 Å². The third kappa shape index (κ3) is 5.90. The molecule has 6 N–H and O–H groups in total. The van der Waals surface area contributed by atoms with Crippen LogP contribution in [0, 0.1) is 0 Å². The van der Waals surface area contributed by atoms with Crippen LogP contribution in [-0.4, -0.2) is 35.6 Å². The predicted octanol–water partition coefficient (Wildman–Crippen LogP) is -1.56. The zero-order chi connectivity index (χ0) is 9.78. The van der Waals surface area contributed by atoms with E-state index < -0.39 is 27.4 Å². The van der Waals surface area contributed by atoms with Gasteiger partial charge >= 0.3 is 74.8 Å². The standard InChI is InChI=1S/C5H16AsN2O4/c1-3-5(8)12-6(9,10)11-4(2)7/h4-5,9-10H,3,7-8H2,1-2H3. The van der Waals surface area contributed by atoms with Gasteiger partial charge in [-0.25, -0.2) is 0 Å². The van der Waals surface area contributed by atoms with Crippen LogP contribution in [0.1, 0.15) is 20.3 Å². The Kier molecular flexibility index (Phi) is 5.27. The Morgan fingerprint density at radius 3 is 2.17 bits per heavy atom. The zero-order valence-electron chi connectivity index (χ0n) is 7.17. The molecule has 0 saturated carbocycles. The van der Waals surface area contributed by atoms with E-state index in [9.17, 15) is 0 Å². The average molecular weight is 243 g/mol. The molecular weight excluding hydrogens is 227 g/mol. The zero-order valence-corrected chi connectivity index (χ0v) is 9.05. The Morgan fingerprint density at radius 1 is 1.33 bits per heavy atom. The molecule has 0 fully saturated rings. The van der Waals surface area contributed by atoms with Gasteiger partial charge in [-0.2, -0.15) is 0 Å². The molecule has 0 aliphatic heterocycles. The van der Waals surface area contributed by atoms with E-state index >= 15 is 0 Å². The summed E-state index contributed by atoms with van der Waals surface area (Å²) in [5.41, 5.74) is 10.5. The van der Waals surface area contributed by atoms with Gasteiger partial charge in [-0.1, -0.05) is 0 Å². The predicted molar refractivity (Wildman–Crippen MR) is 44.3 cm³/mol. The summed E-state index contributed by atoms with van der Waals surface area (Å²) in [7, 11) is 0. The van der Waals surface area contributed by atoms with Crippen LogP contribution >= 0.6 is 0 Å². The molecule has 7 heteroatoms. The first-order valence-corrected chi connectivity index (χ1v) is 6.81. The van der Waals surface area contributed by atoms with Crippen molar-refractivity contribution in [2.24, 2.45) is 11.5 Å². The molecule has 0 aliphatic carbocycles. The van der Waals surface area contributed by atoms with Crippen molar-refractivity contribution in [1.29, 1.82) is 0 Å². The fourth-order valence-corrected chi connectivity index (χ4v) is 2.56. The van der Waals surface area contributed by atoms with Crippen molar-refractivity contribution in [3.63, 3.8) is 0 Å². The number of hydrogen-bond acceptors (Lipinski definition) is 6. The van der Waals surface area contributed by atoms with E-state index in [2.05, 4.69) is 7.45 Å². The van der Waals surface area contributed by atoms with Gasteiger partial charge in [-0.3, -0.25) is 0 Å². The minimum absolute atomic E-state index is 0.479. The van der Waals surface area contributed by atoms with Crippen LogP contribution < -0.4 is 11.5 Å². The number of rotatable bonds is 5. The molecule has 0 rings (SSSR count). The second-order valence-corrected chi connectivity index (χ2v) is 5.30. The number of nitrogens with two attached hydrogens (primary N) is 2. The van der Waals surface area contributed by atoms with Gasteiger partial charge in [0.15, 0.2) is 0 Å². The van der Waals surface area contributed by atoms with Gasteiger partial charge in [0.05, 0.1) is 0 Å². The van der Waals surface area contributed by atoms with Gasteiger partial charge < -0.3 is 0 Å². The maximum absolute atomic E-state index is 9.11.